The monoisotopic (exact) mass is 291 g/mol. The summed E-state index contributed by atoms with van der Waals surface area (Å²) in [5.41, 5.74) is 0.962. The highest BCUT2D eigenvalue weighted by Crippen LogP contribution is 2.26. The van der Waals surface area contributed by atoms with Crippen molar-refractivity contribution in [2.45, 2.75) is 13.0 Å². The molecule has 1 atom stereocenters. The molecule has 1 aromatic carbocycles. The van der Waals surface area contributed by atoms with Crippen LogP contribution in [0.1, 0.15) is 18.5 Å². The average molecular weight is 292 g/mol. The number of ether oxygens (including phenoxy) is 2. The lowest BCUT2D eigenvalue weighted by molar-refractivity contribution is 0.0588. The molecule has 0 aromatic heterocycles. The Morgan fingerprint density at radius 2 is 2.06 bits per heavy atom. The fourth-order valence-electron chi connectivity index (χ4n) is 1.63. The molecule has 0 aliphatic carbocycles. The van der Waals surface area contributed by atoms with E-state index in [1.54, 1.807) is 19.2 Å². The molecule has 1 unspecified atom stereocenters. The molecular weight excluding hydrogens is 273 g/mol. The summed E-state index contributed by atoms with van der Waals surface area (Å²) in [6, 6.07) is 5.50. The summed E-state index contributed by atoms with van der Waals surface area (Å²) < 4.78 is 10.5. The largest absolute Gasteiger partial charge is 0.382 e. The van der Waals surface area contributed by atoms with Crippen LogP contribution in [0.4, 0.5) is 0 Å². The van der Waals surface area contributed by atoms with Crippen LogP contribution in [0.2, 0.25) is 10.0 Å². The minimum absolute atomic E-state index is 0.0399. The molecule has 0 amide bonds. The second-order valence-electron chi connectivity index (χ2n) is 3.84. The molecule has 0 saturated heterocycles. The Balaban J connectivity index is 2.67. The first kappa shape index (κ1) is 15.7. The molecule has 1 N–H and O–H groups in total. The Bertz CT molecular complexity index is 361. The van der Waals surface area contributed by atoms with Gasteiger partial charge >= 0.3 is 0 Å². The van der Waals surface area contributed by atoms with Crippen molar-refractivity contribution < 1.29 is 9.47 Å². The van der Waals surface area contributed by atoms with Gasteiger partial charge in [0.15, 0.2) is 0 Å². The zero-order chi connectivity index (χ0) is 13.4. The summed E-state index contributed by atoms with van der Waals surface area (Å²) in [5.74, 6) is 0. The molecule has 0 bridgehead atoms. The topological polar surface area (TPSA) is 30.5 Å². The van der Waals surface area contributed by atoms with Crippen LogP contribution in [0.25, 0.3) is 0 Å². The first-order chi connectivity index (χ1) is 8.69. The fraction of sp³-hybridized carbons (Fsp3) is 0.538. The maximum Gasteiger partial charge on any atom is 0.0701 e. The van der Waals surface area contributed by atoms with Crippen molar-refractivity contribution in [1.29, 1.82) is 0 Å². The lowest BCUT2D eigenvalue weighted by Crippen LogP contribution is -2.26. The van der Waals surface area contributed by atoms with Gasteiger partial charge in [0.2, 0.25) is 0 Å². The Hall–Kier alpha value is -0.320. The van der Waals surface area contributed by atoms with Crippen LogP contribution in [-0.4, -0.2) is 33.5 Å². The molecule has 18 heavy (non-hydrogen) atoms. The first-order valence-electron chi connectivity index (χ1n) is 5.94. The van der Waals surface area contributed by atoms with Gasteiger partial charge in [-0.25, -0.2) is 0 Å². The summed E-state index contributed by atoms with van der Waals surface area (Å²) in [4.78, 5) is 0. The molecular formula is C13H19Cl2NO2. The quantitative estimate of drug-likeness (QED) is 0.746. The predicted octanol–water partition coefficient (Wildman–Crippen LogP) is 3.31. The Morgan fingerprint density at radius 3 is 2.72 bits per heavy atom. The van der Waals surface area contributed by atoms with Crippen molar-refractivity contribution in [3.63, 3.8) is 0 Å². The van der Waals surface area contributed by atoms with Crippen LogP contribution in [0.5, 0.6) is 0 Å². The zero-order valence-electron chi connectivity index (χ0n) is 10.7. The van der Waals surface area contributed by atoms with Crippen molar-refractivity contribution in [3.8, 4) is 0 Å². The predicted molar refractivity (Wildman–Crippen MR) is 75.6 cm³/mol. The molecule has 0 aliphatic rings. The van der Waals surface area contributed by atoms with Gasteiger partial charge in [-0.2, -0.15) is 0 Å². The fourth-order valence-corrected chi connectivity index (χ4v) is 2.06. The van der Waals surface area contributed by atoms with Gasteiger partial charge < -0.3 is 14.8 Å². The van der Waals surface area contributed by atoms with Gasteiger partial charge in [0, 0.05) is 17.2 Å². The smallest absolute Gasteiger partial charge is 0.0701 e. The van der Waals surface area contributed by atoms with Crippen molar-refractivity contribution in [3.05, 3.63) is 33.8 Å². The van der Waals surface area contributed by atoms with Crippen LogP contribution in [-0.2, 0) is 9.47 Å². The Kier molecular flexibility index (Phi) is 7.63. The lowest BCUT2D eigenvalue weighted by Gasteiger charge is -2.20. The van der Waals surface area contributed by atoms with Crippen molar-refractivity contribution in [1.82, 2.24) is 5.32 Å². The third-order valence-electron chi connectivity index (χ3n) is 2.50. The number of hydrogen-bond acceptors (Lipinski definition) is 3. The van der Waals surface area contributed by atoms with Crippen LogP contribution < -0.4 is 5.32 Å². The highest BCUT2D eigenvalue weighted by atomic mass is 35.5. The van der Waals surface area contributed by atoms with E-state index in [1.165, 1.54) is 0 Å². The van der Waals surface area contributed by atoms with Gasteiger partial charge in [0.25, 0.3) is 0 Å². The maximum absolute atomic E-state index is 6.19. The summed E-state index contributed by atoms with van der Waals surface area (Å²) in [5, 5.41) is 4.71. The van der Waals surface area contributed by atoms with Gasteiger partial charge in [-0.05, 0) is 30.3 Å². The minimum atomic E-state index is 0.0399. The van der Waals surface area contributed by atoms with Crippen LogP contribution in [0.15, 0.2) is 18.2 Å². The van der Waals surface area contributed by atoms with Gasteiger partial charge in [0.1, 0.15) is 0 Å². The van der Waals surface area contributed by atoms with E-state index >= 15 is 0 Å². The van der Waals surface area contributed by atoms with Gasteiger partial charge in [-0.1, -0.05) is 30.1 Å². The van der Waals surface area contributed by atoms with Crippen LogP contribution in [0.3, 0.4) is 0 Å². The second kappa shape index (κ2) is 8.73. The van der Waals surface area contributed by atoms with E-state index in [2.05, 4.69) is 5.32 Å². The summed E-state index contributed by atoms with van der Waals surface area (Å²) >= 11 is 12.2. The highest BCUT2D eigenvalue weighted by molar-refractivity contribution is 6.33. The van der Waals surface area contributed by atoms with E-state index < -0.39 is 0 Å². The van der Waals surface area contributed by atoms with Crippen molar-refractivity contribution in [2.24, 2.45) is 0 Å². The number of likely N-dealkylation sites (N-methyl/N-ethyl adjacent to an activating group) is 1. The number of benzene rings is 1. The molecule has 0 fully saturated rings. The molecule has 0 saturated carbocycles. The molecule has 0 heterocycles. The molecule has 1 rings (SSSR count). The van der Waals surface area contributed by atoms with E-state index in [0.717, 1.165) is 12.1 Å². The third kappa shape index (κ3) is 5.12. The molecule has 0 spiro atoms. The average Bonchev–Trinajstić information content (AvgIpc) is 2.36. The van der Waals surface area contributed by atoms with Gasteiger partial charge in [0.05, 0.1) is 25.9 Å². The minimum Gasteiger partial charge on any atom is -0.382 e. The summed E-state index contributed by atoms with van der Waals surface area (Å²) in [6.45, 7) is 4.57. The molecule has 1 aromatic rings. The van der Waals surface area contributed by atoms with E-state index in [-0.39, 0.29) is 6.04 Å². The number of hydrogen-bond donors (Lipinski definition) is 1. The van der Waals surface area contributed by atoms with Crippen LogP contribution in [0, 0.1) is 0 Å². The molecule has 0 aliphatic heterocycles. The van der Waals surface area contributed by atoms with Crippen molar-refractivity contribution >= 4 is 23.2 Å². The maximum atomic E-state index is 6.19. The van der Waals surface area contributed by atoms with Gasteiger partial charge in [-0.15, -0.1) is 0 Å². The molecule has 3 nitrogen and oxygen atoms in total. The van der Waals surface area contributed by atoms with E-state index in [1.807, 2.05) is 13.0 Å². The van der Waals surface area contributed by atoms with E-state index in [4.69, 9.17) is 32.7 Å². The molecule has 0 radical (unpaired) electrons. The number of methoxy groups -OCH3 is 1. The first-order valence-corrected chi connectivity index (χ1v) is 6.69. The summed E-state index contributed by atoms with van der Waals surface area (Å²) in [6.07, 6.45) is 0. The van der Waals surface area contributed by atoms with E-state index in [0.29, 0.717) is 29.9 Å². The summed E-state index contributed by atoms with van der Waals surface area (Å²) in [7, 11) is 1.65. The van der Waals surface area contributed by atoms with Gasteiger partial charge in [-0.3, -0.25) is 0 Å². The SMILES string of the molecule is CCNC(COCCOC)c1cc(Cl)ccc1Cl. The molecule has 5 heteroatoms. The standard InChI is InChI=1S/C13H19Cl2NO2/c1-3-16-13(9-18-7-6-17-2)11-8-10(14)4-5-12(11)15/h4-5,8,13,16H,3,6-7,9H2,1-2H3. The second-order valence-corrected chi connectivity index (χ2v) is 4.69. The lowest BCUT2D eigenvalue weighted by atomic mass is 10.1. The number of rotatable bonds is 8. The number of nitrogens with one attached hydrogen (secondary N) is 1. The molecule has 102 valence electrons. The Labute approximate surface area is 118 Å². The third-order valence-corrected chi connectivity index (χ3v) is 3.08. The number of halogens is 2. The van der Waals surface area contributed by atoms with Crippen LogP contribution >= 0.6 is 23.2 Å². The highest BCUT2D eigenvalue weighted by Gasteiger charge is 2.14. The zero-order valence-corrected chi connectivity index (χ0v) is 12.2. The normalized spacial score (nSPS) is 12.7. The van der Waals surface area contributed by atoms with E-state index in [9.17, 15) is 0 Å². The van der Waals surface area contributed by atoms with Crippen molar-refractivity contribution in [2.75, 3.05) is 33.5 Å². The Morgan fingerprint density at radius 1 is 1.28 bits per heavy atom.